The molecule has 0 aliphatic heterocycles. The molecule has 28 heavy (non-hydrogen) atoms. The molecule has 1 saturated carbocycles. The lowest BCUT2D eigenvalue weighted by atomic mass is 9.68. The van der Waals surface area contributed by atoms with Gasteiger partial charge in [-0.1, -0.05) is 19.9 Å². The molecule has 1 aromatic carbocycles. The Bertz CT molecular complexity index is 1080. The van der Waals surface area contributed by atoms with Crippen LogP contribution in [0, 0.1) is 17.0 Å². The molecule has 8 heteroatoms. The quantitative estimate of drug-likeness (QED) is 0.744. The van der Waals surface area contributed by atoms with Gasteiger partial charge in [-0.15, -0.1) is 15.3 Å². The van der Waals surface area contributed by atoms with E-state index in [0.717, 1.165) is 18.4 Å². The van der Waals surface area contributed by atoms with Gasteiger partial charge >= 0.3 is 0 Å². The predicted octanol–water partition coefficient (Wildman–Crippen LogP) is 3.50. The summed E-state index contributed by atoms with van der Waals surface area (Å²) in [5.74, 6) is -0.667. The molecule has 0 amide bonds. The minimum Gasteiger partial charge on any atom is -0.422 e. The lowest BCUT2D eigenvalue weighted by Crippen LogP contribution is -2.37. The van der Waals surface area contributed by atoms with Crippen molar-refractivity contribution >= 4 is 0 Å². The molecule has 2 aliphatic carbocycles. The zero-order valence-electron chi connectivity index (χ0n) is 15.4. The normalized spacial score (nSPS) is 24.5. The number of hydrogen-bond acceptors (Lipinski definition) is 6. The van der Waals surface area contributed by atoms with Crippen LogP contribution in [-0.4, -0.2) is 25.5 Å². The zero-order chi connectivity index (χ0) is 19.7. The highest BCUT2D eigenvalue weighted by Gasteiger charge is 2.67. The van der Waals surface area contributed by atoms with Crippen molar-refractivity contribution in [3.05, 3.63) is 58.9 Å². The van der Waals surface area contributed by atoms with E-state index in [4.69, 9.17) is 4.42 Å². The van der Waals surface area contributed by atoms with Gasteiger partial charge in [0, 0.05) is 0 Å². The maximum atomic E-state index is 14.2. The molecule has 6 nitrogen and oxygen atoms in total. The van der Waals surface area contributed by atoms with Crippen LogP contribution in [0.4, 0.5) is 8.78 Å². The van der Waals surface area contributed by atoms with E-state index >= 15 is 0 Å². The molecule has 1 fully saturated rings. The highest BCUT2D eigenvalue weighted by atomic mass is 19.1. The number of nitrogens with zero attached hydrogens (tertiary/aromatic N) is 4. The number of rotatable bonds is 3. The number of hydrogen-bond donors (Lipinski definition) is 1. The van der Waals surface area contributed by atoms with Crippen molar-refractivity contribution in [2.45, 2.75) is 44.6 Å². The SMILES string of the molecule is CC1(C)[C@H]2CC[C@]1(c1nnc(CO)o1)c1nnc(-c3c(F)cccc3F)cc12. The Hall–Kier alpha value is -2.74. The van der Waals surface area contributed by atoms with Gasteiger partial charge in [0.25, 0.3) is 0 Å². The fourth-order valence-electron chi connectivity index (χ4n) is 5.15. The lowest BCUT2D eigenvalue weighted by molar-refractivity contribution is 0.188. The van der Waals surface area contributed by atoms with Gasteiger partial charge < -0.3 is 9.52 Å². The van der Waals surface area contributed by atoms with Crippen molar-refractivity contribution in [3.63, 3.8) is 0 Å². The second kappa shape index (κ2) is 5.64. The Kier molecular flexibility index (Phi) is 3.49. The Morgan fingerprint density at radius 1 is 1.14 bits per heavy atom. The summed E-state index contributed by atoms with van der Waals surface area (Å²) in [6.45, 7) is 3.88. The average Bonchev–Trinajstić information content (AvgIpc) is 3.30. The first-order valence-corrected chi connectivity index (χ1v) is 9.16. The van der Waals surface area contributed by atoms with Crippen LogP contribution in [0.3, 0.4) is 0 Å². The van der Waals surface area contributed by atoms with Gasteiger partial charge in [-0.25, -0.2) is 8.78 Å². The molecule has 5 rings (SSSR count). The first-order valence-electron chi connectivity index (χ1n) is 9.16. The van der Waals surface area contributed by atoms with Crippen LogP contribution >= 0.6 is 0 Å². The molecule has 3 aromatic rings. The van der Waals surface area contributed by atoms with Gasteiger partial charge in [0.1, 0.15) is 18.2 Å². The largest absolute Gasteiger partial charge is 0.422 e. The maximum absolute atomic E-state index is 14.2. The van der Waals surface area contributed by atoms with Crippen LogP contribution in [0.25, 0.3) is 11.3 Å². The Morgan fingerprint density at radius 2 is 1.89 bits per heavy atom. The number of fused-ring (bicyclic) bond motifs is 5. The van der Waals surface area contributed by atoms with E-state index in [1.165, 1.54) is 18.2 Å². The monoisotopic (exact) mass is 384 g/mol. The molecule has 0 unspecified atom stereocenters. The van der Waals surface area contributed by atoms with Crippen LogP contribution in [0.5, 0.6) is 0 Å². The molecule has 0 saturated heterocycles. The lowest BCUT2D eigenvalue weighted by Gasteiger charge is -2.34. The third-order valence-electron chi connectivity index (χ3n) is 6.57. The van der Waals surface area contributed by atoms with E-state index in [9.17, 15) is 13.9 Å². The first kappa shape index (κ1) is 17.4. The number of benzene rings is 1. The van der Waals surface area contributed by atoms with Crippen LogP contribution in [0.15, 0.2) is 28.7 Å². The topological polar surface area (TPSA) is 84.9 Å². The highest BCUT2D eigenvalue weighted by molar-refractivity contribution is 5.63. The third-order valence-corrected chi connectivity index (χ3v) is 6.57. The smallest absolute Gasteiger partial charge is 0.241 e. The third kappa shape index (κ3) is 1.98. The Balaban J connectivity index is 1.71. The minimum atomic E-state index is -0.670. The van der Waals surface area contributed by atoms with Crippen molar-refractivity contribution in [2.75, 3.05) is 0 Å². The van der Waals surface area contributed by atoms with Crippen molar-refractivity contribution in [3.8, 4) is 11.3 Å². The highest BCUT2D eigenvalue weighted by Crippen LogP contribution is 2.69. The fraction of sp³-hybridized carbons (Fsp3) is 0.400. The molecule has 2 atom stereocenters. The standard InChI is InChI=1S/C20H18F2N4O2/c1-19(2)11-6-7-20(19,18-26-24-15(9-27)28-18)17-10(11)8-14(23-25-17)16-12(21)4-3-5-13(16)22/h3-5,8,11,27H,6-7,9H2,1-2H3/t11-,20+/m0/s1. The van der Waals surface area contributed by atoms with E-state index in [1.54, 1.807) is 6.07 Å². The summed E-state index contributed by atoms with van der Waals surface area (Å²) in [4.78, 5) is 0. The Labute approximate surface area is 159 Å². The van der Waals surface area contributed by atoms with E-state index in [2.05, 4.69) is 34.2 Å². The summed E-state index contributed by atoms with van der Waals surface area (Å²) in [6.07, 6.45) is 1.62. The molecule has 144 valence electrons. The second-order valence-electron chi connectivity index (χ2n) is 8.01. The maximum Gasteiger partial charge on any atom is 0.241 e. The second-order valence-corrected chi connectivity index (χ2v) is 8.01. The van der Waals surface area contributed by atoms with Crippen molar-refractivity contribution < 1.29 is 18.3 Å². The predicted molar refractivity (Wildman–Crippen MR) is 94.1 cm³/mol. The van der Waals surface area contributed by atoms with E-state index in [0.29, 0.717) is 11.6 Å². The minimum absolute atomic E-state index is 0.121. The Morgan fingerprint density at radius 3 is 2.57 bits per heavy atom. The molecular weight excluding hydrogens is 366 g/mol. The van der Waals surface area contributed by atoms with Gasteiger partial charge in [0.05, 0.1) is 22.4 Å². The molecule has 2 bridgehead atoms. The molecule has 2 aliphatic rings. The summed E-state index contributed by atoms with van der Waals surface area (Å²) >= 11 is 0. The molecule has 1 N–H and O–H groups in total. The van der Waals surface area contributed by atoms with Gasteiger partial charge in [0.2, 0.25) is 11.8 Å². The molecule has 2 heterocycles. The van der Waals surface area contributed by atoms with Crippen molar-refractivity contribution in [1.82, 2.24) is 20.4 Å². The summed E-state index contributed by atoms with van der Waals surface area (Å²) in [5, 5.41) is 25.9. The van der Waals surface area contributed by atoms with Gasteiger partial charge in [0.15, 0.2) is 0 Å². The van der Waals surface area contributed by atoms with Crippen molar-refractivity contribution in [2.24, 2.45) is 5.41 Å². The summed E-state index contributed by atoms with van der Waals surface area (Å²) in [7, 11) is 0. The molecule has 0 radical (unpaired) electrons. The molecule has 2 aromatic heterocycles. The van der Waals surface area contributed by atoms with Gasteiger partial charge in [-0.3, -0.25) is 0 Å². The molecule has 0 spiro atoms. The molecular formula is C20H18F2N4O2. The number of aliphatic hydroxyl groups is 1. The number of aliphatic hydroxyl groups excluding tert-OH is 1. The zero-order valence-corrected chi connectivity index (χ0v) is 15.4. The first-order chi connectivity index (χ1) is 13.4. The summed E-state index contributed by atoms with van der Waals surface area (Å²) < 4.78 is 34.2. The average molecular weight is 384 g/mol. The summed E-state index contributed by atoms with van der Waals surface area (Å²) in [6, 6.07) is 5.48. The van der Waals surface area contributed by atoms with Gasteiger partial charge in [-0.2, -0.15) is 5.10 Å². The van der Waals surface area contributed by atoms with E-state index < -0.39 is 17.0 Å². The van der Waals surface area contributed by atoms with Crippen molar-refractivity contribution in [1.29, 1.82) is 0 Å². The van der Waals surface area contributed by atoms with E-state index in [-0.39, 0.29) is 35.1 Å². The van der Waals surface area contributed by atoms with E-state index in [1.807, 2.05) is 0 Å². The van der Waals surface area contributed by atoms with Gasteiger partial charge in [-0.05, 0) is 47.9 Å². The van der Waals surface area contributed by atoms with Crippen LogP contribution in [0.2, 0.25) is 0 Å². The van der Waals surface area contributed by atoms with Crippen LogP contribution < -0.4 is 0 Å². The number of halogens is 2. The fourth-order valence-corrected chi connectivity index (χ4v) is 5.15. The van der Waals surface area contributed by atoms with Crippen LogP contribution in [-0.2, 0) is 12.0 Å². The summed E-state index contributed by atoms with van der Waals surface area (Å²) in [5.41, 5.74) is 0.694. The van der Waals surface area contributed by atoms with Crippen LogP contribution in [0.1, 0.15) is 55.6 Å². The number of aromatic nitrogens is 4.